The summed E-state index contributed by atoms with van der Waals surface area (Å²) in [4.78, 5) is 1.43. The van der Waals surface area contributed by atoms with Crippen molar-refractivity contribution in [2.75, 3.05) is 20.3 Å². The molecular weight excluding hydrogens is 343 g/mol. The van der Waals surface area contributed by atoms with Gasteiger partial charge in [0.2, 0.25) is 0 Å². The number of aromatic nitrogens is 1. The average Bonchev–Trinajstić information content (AvgIpc) is 3.09. The summed E-state index contributed by atoms with van der Waals surface area (Å²) in [6, 6.07) is 11.6. The lowest BCUT2D eigenvalue weighted by Gasteiger charge is -2.33. The minimum absolute atomic E-state index is 0.196. The van der Waals surface area contributed by atoms with Gasteiger partial charge in [0.05, 0.1) is 18.3 Å². The molecule has 1 unspecified atom stereocenters. The van der Waals surface area contributed by atoms with Crippen molar-refractivity contribution >= 4 is 0 Å². The summed E-state index contributed by atoms with van der Waals surface area (Å²) in [6.07, 6.45) is 7.93. The minimum Gasteiger partial charge on any atom is -0.385 e. The van der Waals surface area contributed by atoms with E-state index >= 15 is 0 Å². The highest BCUT2D eigenvalue weighted by molar-refractivity contribution is 5.18. The van der Waals surface area contributed by atoms with Crippen LogP contribution in [0.1, 0.15) is 43.4 Å². The SMILES string of the molecule is COC[C@@H](O)C[NH+](Cc1cccn1Cc1cccc(F)c1)C1CCCCC1. The lowest BCUT2D eigenvalue weighted by Crippen LogP contribution is -3.15. The highest BCUT2D eigenvalue weighted by Crippen LogP contribution is 2.16. The zero-order chi connectivity index (χ0) is 19.1. The van der Waals surface area contributed by atoms with Gasteiger partial charge in [0.1, 0.15) is 25.0 Å². The quantitative estimate of drug-likeness (QED) is 0.706. The first-order chi connectivity index (χ1) is 13.2. The third-order valence-electron chi connectivity index (χ3n) is 5.61. The van der Waals surface area contributed by atoms with Gasteiger partial charge in [-0.05, 0) is 55.5 Å². The van der Waals surface area contributed by atoms with Gasteiger partial charge >= 0.3 is 0 Å². The Balaban J connectivity index is 1.72. The molecule has 1 saturated carbocycles. The summed E-state index contributed by atoms with van der Waals surface area (Å²) in [7, 11) is 1.63. The molecule has 1 aromatic carbocycles. The third-order valence-corrected chi connectivity index (χ3v) is 5.61. The van der Waals surface area contributed by atoms with Crippen molar-refractivity contribution < 1.29 is 19.1 Å². The monoisotopic (exact) mass is 375 g/mol. The second-order valence-corrected chi connectivity index (χ2v) is 7.74. The van der Waals surface area contributed by atoms with E-state index in [0.717, 1.165) is 12.1 Å². The number of hydrogen-bond acceptors (Lipinski definition) is 2. The van der Waals surface area contributed by atoms with Crippen molar-refractivity contribution in [3.8, 4) is 0 Å². The number of aliphatic hydroxyl groups excluding tert-OH is 1. The van der Waals surface area contributed by atoms with E-state index in [1.807, 2.05) is 6.07 Å². The largest absolute Gasteiger partial charge is 0.385 e. The van der Waals surface area contributed by atoms with E-state index in [1.54, 1.807) is 19.2 Å². The van der Waals surface area contributed by atoms with Gasteiger partial charge in [0.15, 0.2) is 0 Å². The molecule has 1 fully saturated rings. The van der Waals surface area contributed by atoms with E-state index in [-0.39, 0.29) is 5.82 Å². The molecule has 2 aromatic rings. The Kier molecular flexibility index (Phi) is 7.44. The first-order valence-electron chi connectivity index (χ1n) is 10.1. The van der Waals surface area contributed by atoms with Gasteiger partial charge in [-0.2, -0.15) is 0 Å². The standard InChI is InChI=1S/C22H31FN2O2/c1-27-17-22(26)16-25(20-9-3-2-4-10-20)15-21-11-6-12-24(21)14-18-7-5-8-19(23)13-18/h5-8,11-13,20,22,26H,2-4,9-10,14-17H2,1H3/p+1/t22-/m0/s1. The number of methoxy groups -OCH3 is 1. The number of hydrogen-bond donors (Lipinski definition) is 2. The first-order valence-corrected chi connectivity index (χ1v) is 10.1. The van der Waals surface area contributed by atoms with Gasteiger partial charge in [-0.15, -0.1) is 0 Å². The number of halogens is 1. The molecule has 148 valence electrons. The molecule has 0 saturated heterocycles. The van der Waals surface area contributed by atoms with E-state index in [2.05, 4.69) is 22.9 Å². The number of benzene rings is 1. The van der Waals surface area contributed by atoms with E-state index in [0.29, 0.717) is 25.7 Å². The zero-order valence-corrected chi connectivity index (χ0v) is 16.2. The van der Waals surface area contributed by atoms with E-state index in [1.165, 1.54) is 48.8 Å². The minimum atomic E-state index is -0.446. The third kappa shape index (κ3) is 5.89. The van der Waals surface area contributed by atoms with Crippen LogP contribution in [-0.4, -0.2) is 42.1 Å². The fourth-order valence-electron chi connectivity index (χ4n) is 4.28. The molecule has 27 heavy (non-hydrogen) atoms. The molecule has 1 aliphatic rings. The van der Waals surface area contributed by atoms with Crippen molar-refractivity contribution in [2.45, 2.75) is 57.3 Å². The van der Waals surface area contributed by atoms with Crippen LogP contribution in [0.3, 0.4) is 0 Å². The van der Waals surface area contributed by atoms with Crippen molar-refractivity contribution in [3.05, 3.63) is 59.7 Å². The van der Waals surface area contributed by atoms with E-state index in [4.69, 9.17) is 4.74 Å². The normalized spacial score (nSPS) is 17.7. The molecule has 0 spiro atoms. The fourth-order valence-corrected chi connectivity index (χ4v) is 4.28. The molecule has 0 bridgehead atoms. The number of nitrogens with zero attached hydrogens (tertiary/aromatic N) is 1. The van der Waals surface area contributed by atoms with Gasteiger partial charge in [-0.25, -0.2) is 4.39 Å². The fraction of sp³-hybridized carbons (Fsp3) is 0.545. The number of aliphatic hydroxyl groups is 1. The predicted octanol–water partition coefficient (Wildman–Crippen LogP) is 2.40. The number of rotatable bonds is 9. The number of quaternary nitrogens is 1. The summed E-state index contributed by atoms with van der Waals surface area (Å²) >= 11 is 0. The van der Waals surface area contributed by atoms with Gasteiger partial charge in [0, 0.05) is 19.9 Å². The Morgan fingerprint density at radius 3 is 2.78 bits per heavy atom. The maximum atomic E-state index is 13.5. The molecule has 4 nitrogen and oxygen atoms in total. The summed E-state index contributed by atoms with van der Waals surface area (Å²) in [5.41, 5.74) is 2.19. The Labute approximate surface area is 161 Å². The van der Waals surface area contributed by atoms with Crippen molar-refractivity contribution in [1.29, 1.82) is 0 Å². The molecular formula is C22H32FN2O2+. The van der Waals surface area contributed by atoms with Crippen LogP contribution < -0.4 is 4.90 Å². The van der Waals surface area contributed by atoms with E-state index < -0.39 is 6.10 Å². The van der Waals surface area contributed by atoms with Crippen LogP contribution in [0, 0.1) is 5.82 Å². The Hall–Kier alpha value is -1.69. The van der Waals surface area contributed by atoms with Crippen molar-refractivity contribution in [2.24, 2.45) is 0 Å². The van der Waals surface area contributed by atoms with Crippen LogP contribution in [-0.2, 0) is 17.8 Å². The van der Waals surface area contributed by atoms with Gasteiger partial charge < -0.3 is 19.3 Å². The zero-order valence-electron chi connectivity index (χ0n) is 16.2. The topological polar surface area (TPSA) is 38.8 Å². The molecule has 1 heterocycles. The summed E-state index contributed by atoms with van der Waals surface area (Å²) in [5, 5.41) is 10.3. The first kappa shape index (κ1) is 20.1. The second-order valence-electron chi connectivity index (χ2n) is 7.74. The van der Waals surface area contributed by atoms with Crippen LogP contribution in [0.25, 0.3) is 0 Å². The summed E-state index contributed by atoms with van der Waals surface area (Å²) in [5.74, 6) is -0.196. The molecule has 3 rings (SSSR count). The highest BCUT2D eigenvalue weighted by Gasteiger charge is 2.27. The molecule has 1 aliphatic carbocycles. The van der Waals surface area contributed by atoms with Crippen molar-refractivity contribution in [1.82, 2.24) is 4.57 Å². The molecule has 0 amide bonds. The molecule has 2 N–H and O–H groups in total. The number of ether oxygens (including phenoxy) is 1. The maximum absolute atomic E-state index is 13.5. The van der Waals surface area contributed by atoms with Crippen molar-refractivity contribution in [3.63, 3.8) is 0 Å². The molecule has 5 heteroatoms. The van der Waals surface area contributed by atoms with Crippen LogP contribution in [0.4, 0.5) is 4.39 Å². The average molecular weight is 376 g/mol. The highest BCUT2D eigenvalue weighted by atomic mass is 19.1. The van der Waals surface area contributed by atoms with Crippen LogP contribution in [0.2, 0.25) is 0 Å². The lowest BCUT2D eigenvalue weighted by molar-refractivity contribution is -0.943. The van der Waals surface area contributed by atoms with Crippen LogP contribution >= 0.6 is 0 Å². The molecule has 0 radical (unpaired) electrons. The van der Waals surface area contributed by atoms with Gasteiger partial charge in [-0.1, -0.05) is 18.6 Å². The van der Waals surface area contributed by atoms with Gasteiger partial charge in [0.25, 0.3) is 0 Å². The Bertz CT molecular complexity index is 697. The Morgan fingerprint density at radius 1 is 1.22 bits per heavy atom. The predicted molar refractivity (Wildman–Crippen MR) is 104 cm³/mol. The molecule has 0 aliphatic heterocycles. The second kappa shape index (κ2) is 10.0. The number of nitrogens with one attached hydrogen (secondary N) is 1. The van der Waals surface area contributed by atoms with Crippen LogP contribution in [0.15, 0.2) is 42.6 Å². The Morgan fingerprint density at radius 2 is 2.04 bits per heavy atom. The van der Waals surface area contributed by atoms with Crippen LogP contribution in [0.5, 0.6) is 0 Å². The smallest absolute Gasteiger partial charge is 0.126 e. The summed E-state index contributed by atoms with van der Waals surface area (Å²) in [6.45, 7) is 2.61. The molecule has 2 atom stereocenters. The van der Waals surface area contributed by atoms with Gasteiger partial charge in [-0.3, -0.25) is 0 Å². The maximum Gasteiger partial charge on any atom is 0.126 e. The molecule has 1 aromatic heterocycles. The summed E-state index contributed by atoms with van der Waals surface area (Å²) < 4.78 is 20.8. The lowest BCUT2D eigenvalue weighted by atomic mass is 9.94. The van der Waals surface area contributed by atoms with E-state index in [9.17, 15) is 9.50 Å².